The summed E-state index contributed by atoms with van der Waals surface area (Å²) in [5.41, 5.74) is 3.61. The molecule has 1 saturated heterocycles. The van der Waals surface area contributed by atoms with Crippen LogP contribution in [-0.4, -0.2) is 59.0 Å². The van der Waals surface area contributed by atoms with E-state index in [-0.39, 0.29) is 12.5 Å². The molecule has 1 fully saturated rings. The Morgan fingerprint density at radius 1 is 0.929 bits per heavy atom. The molecular formula is C36H37N3O3. The Morgan fingerprint density at radius 3 is 2.45 bits per heavy atom. The van der Waals surface area contributed by atoms with Gasteiger partial charge in [0.1, 0.15) is 30.0 Å². The Kier molecular flexibility index (Phi) is 8.45. The molecule has 42 heavy (non-hydrogen) atoms. The van der Waals surface area contributed by atoms with Crippen molar-refractivity contribution in [2.24, 2.45) is 4.99 Å². The van der Waals surface area contributed by atoms with Crippen LogP contribution in [0.15, 0.2) is 108 Å². The van der Waals surface area contributed by atoms with Crippen molar-refractivity contribution < 1.29 is 14.6 Å². The molecule has 6 nitrogen and oxygen atoms in total. The maximum Gasteiger partial charge on any atom is 0.278 e. The number of β-amino-alcohol motifs (C(OH)–C–C–N with tert-alkyl or cyclic N) is 1. The molecule has 0 saturated carbocycles. The number of hydrogen-bond donors (Lipinski definition) is 1. The minimum absolute atomic E-state index is 0.127. The van der Waals surface area contributed by atoms with Crippen LogP contribution in [0.3, 0.4) is 0 Å². The van der Waals surface area contributed by atoms with Crippen LogP contribution in [0, 0.1) is 0 Å². The van der Waals surface area contributed by atoms with Crippen LogP contribution in [0.1, 0.15) is 42.4 Å². The predicted molar refractivity (Wildman–Crippen MR) is 168 cm³/mol. The van der Waals surface area contributed by atoms with Crippen molar-refractivity contribution in [2.45, 2.75) is 38.3 Å². The van der Waals surface area contributed by atoms with Gasteiger partial charge in [-0.05, 0) is 72.8 Å². The highest BCUT2D eigenvalue weighted by Crippen LogP contribution is 2.30. The third-order valence-corrected chi connectivity index (χ3v) is 8.26. The Labute approximate surface area is 247 Å². The first-order chi connectivity index (χ1) is 20.5. The molecule has 4 aromatic carbocycles. The second-order valence-electron chi connectivity index (χ2n) is 11.2. The summed E-state index contributed by atoms with van der Waals surface area (Å²) >= 11 is 0. The number of piperidine rings is 1. The molecule has 0 aliphatic carbocycles. The van der Waals surface area contributed by atoms with Crippen molar-refractivity contribution in [3.05, 3.63) is 119 Å². The molecule has 2 aliphatic heterocycles. The molecule has 0 radical (unpaired) electrons. The highest BCUT2D eigenvalue weighted by Gasteiger charge is 2.28. The predicted octanol–water partition coefficient (Wildman–Crippen LogP) is 6.26. The smallest absolute Gasteiger partial charge is 0.278 e. The first-order valence-electron chi connectivity index (χ1n) is 14.8. The molecule has 6 heteroatoms. The van der Waals surface area contributed by atoms with Gasteiger partial charge >= 0.3 is 0 Å². The Hall–Kier alpha value is -4.26. The second kappa shape index (κ2) is 12.7. The van der Waals surface area contributed by atoms with Gasteiger partial charge in [-0.2, -0.15) is 0 Å². The quantitative estimate of drug-likeness (QED) is 0.246. The van der Waals surface area contributed by atoms with E-state index in [9.17, 15) is 9.90 Å². The summed E-state index contributed by atoms with van der Waals surface area (Å²) in [5, 5.41) is 13.4. The maximum absolute atomic E-state index is 13.2. The molecule has 0 unspecified atom stereocenters. The van der Waals surface area contributed by atoms with E-state index in [1.54, 1.807) is 11.0 Å². The van der Waals surface area contributed by atoms with E-state index in [4.69, 9.17) is 4.74 Å². The number of likely N-dealkylation sites (tertiary alicyclic amines) is 1. The maximum atomic E-state index is 13.2. The lowest BCUT2D eigenvalue weighted by Gasteiger charge is -2.33. The van der Waals surface area contributed by atoms with E-state index in [1.165, 1.54) is 16.3 Å². The number of hydrogen-bond acceptors (Lipinski definition) is 5. The molecular weight excluding hydrogens is 522 g/mol. The average Bonchev–Trinajstić information content (AvgIpc) is 3.28. The fourth-order valence-electron chi connectivity index (χ4n) is 5.94. The Morgan fingerprint density at radius 2 is 1.64 bits per heavy atom. The number of benzene rings is 4. The number of para-hydroxylation sites is 1. The number of aliphatic hydroxyl groups excluding tert-OH is 1. The standard InChI is InChI=1S/C36H37N3O3/c1-26-37-34(36(41)39(26)23-27-9-3-2-4-10-27)22-32-13-7-8-14-35(32)42-25-33(40)24-38-19-17-29(18-20-38)31-16-15-28-11-5-6-12-30(28)21-31/h2-16,21-22,29,33,40H,17-20,23-25H2,1H3/t33-/m0/s1. The fraction of sp³-hybridized carbons (Fsp3) is 0.278. The molecule has 0 bridgehead atoms. The number of carbonyl (C=O) groups is 1. The van der Waals surface area contributed by atoms with Gasteiger partial charge in [-0.3, -0.25) is 9.69 Å². The van der Waals surface area contributed by atoms with Crippen molar-refractivity contribution in [3.63, 3.8) is 0 Å². The number of aliphatic imine (C=N–C) groups is 1. The molecule has 4 aromatic rings. The van der Waals surface area contributed by atoms with Crippen LogP contribution in [0.4, 0.5) is 0 Å². The summed E-state index contributed by atoms with van der Waals surface area (Å²) in [6.45, 7) is 5.00. The van der Waals surface area contributed by atoms with Crippen molar-refractivity contribution in [1.82, 2.24) is 9.80 Å². The summed E-state index contributed by atoms with van der Waals surface area (Å²) in [6.07, 6.45) is 3.32. The first-order valence-corrected chi connectivity index (χ1v) is 14.8. The Bertz CT molecular complexity index is 1610. The second-order valence-corrected chi connectivity index (χ2v) is 11.2. The highest BCUT2D eigenvalue weighted by molar-refractivity contribution is 6.13. The molecule has 2 heterocycles. The van der Waals surface area contributed by atoms with Crippen molar-refractivity contribution in [1.29, 1.82) is 0 Å². The van der Waals surface area contributed by atoms with Crippen LogP contribution in [0.25, 0.3) is 16.8 Å². The van der Waals surface area contributed by atoms with E-state index in [1.807, 2.05) is 61.5 Å². The zero-order valence-electron chi connectivity index (χ0n) is 24.0. The molecule has 1 amide bonds. The number of amides is 1. The number of nitrogens with zero attached hydrogens (tertiary/aromatic N) is 3. The van der Waals surface area contributed by atoms with Gasteiger partial charge in [0, 0.05) is 12.1 Å². The van der Waals surface area contributed by atoms with E-state index in [2.05, 4.69) is 52.4 Å². The number of aliphatic hydroxyl groups is 1. The van der Waals surface area contributed by atoms with E-state index in [0.717, 1.165) is 37.1 Å². The topological polar surface area (TPSA) is 65.4 Å². The summed E-state index contributed by atoms with van der Waals surface area (Å²) in [6, 6.07) is 32.8. The molecule has 0 aromatic heterocycles. The van der Waals surface area contributed by atoms with Gasteiger partial charge in [-0.15, -0.1) is 0 Å². The van der Waals surface area contributed by atoms with Gasteiger partial charge in [-0.1, -0.05) is 91.0 Å². The zero-order valence-corrected chi connectivity index (χ0v) is 24.0. The van der Waals surface area contributed by atoms with Gasteiger partial charge in [0.15, 0.2) is 0 Å². The van der Waals surface area contributed by atoms with Gasteiger partial charge in [0.05, 0.1) is 6.54 Å². The highest BCUT2D eigenvalue weighted by atomic mass is 16.5. The normalized spacial score (nSPS) is 18.0. The van der Waals surface area contributed by atoms with E-state index < -0.39 is 6.10 Å². The molecule has 1 N–H and O–H groups in total. The number of fused-ring (bicyclic) bond motifs is 1. The third-order valence-electron chi connectivity index (χ3n) is 8.26. The molecule has 0 spiro atoms. The SMILES string of the molecule is CC1=NC(=Cc2ccccc2OC[C@@H](O)CN2CCC(c3ccc4ccccc4c3)CC2)C(=O)N1Cc1ccccc1. The molecule has 1 atom stereocenters. The van der Waals surface area contributed by atoms with Crippen molar-refractivity contribution >= 4 is 28.6 Å². The zero-order chi connectivity index (χ0) is 28.9. The van der Waals surface area contributed by atoms with E-state index >= 15 is 0 Å². The van der Waals surface area contributed by atoms with Gasteiger partial charge in [-0.25, -0.2) is 4.99 Å². The van der Waals surface area contributed by atoms with Gasteiger partial charge in [0.25, 0.3) is 5.91 Å². The van der Waals surface area contributed by atoms with Crippen molar-refractivity contribution in [2.75, 3.05) is 26.2 Å². The number of ether oxygens (including phenoxy) is 1. The summed E-state index contributed by atoms with van der Waals surface area (Å²) in [5.74, 6) is 1.72. The summed E-state index contributed by atoms with van der Waals surface area (Å²) < 4.78 is 6.07. The molecule has 6 rings (SSSR count). The van der Waals surface area contributed by atoms with Gasteiger partial charge < -0.3 is 14.7 Å². The van der Waals surface area contributed by atoms with Crippen molar-refractivity contribution in [3.8, 4) is 5.75 Å². The lowest BCUT2D eigenvalue weighted by molar-refractivity contribution is -0.123. The summed E-state index contributed by atoms with van der Waals surface area (Å²) in [4.78, 5) is 21.7. The number of amidine groups is 1. The molecule has 2 aliphatic rings. The van der Waals surface area contributed by atoms with Crippen LogP contribution >= 0.6 is 0 Å². The van der Waals surface area contributed by atoms with Gasteiger partial charge in [0.2, 0.25) is 0 Å². The Balaban J connectivity index is 1.02. The van der Waals surface area contributed by atoms with Crippen LogP contribution in [-0.2, 0) is 11.3 Å². The third kappa shape index (κ3) is 6.46. The summed E-state index contributed by atoms with van der Waals surface area (Å²) in [7, 11) is 0. The minimum atomic E-state index is -0.613. The lowest BCUT2D eigenvalue weighted by atomic mass is 9.88. The minimum Gasteiger partial charge on any atom is -0.490 e. The van der Waals surface area contributed by atoms with Crippen LogP contribution < -0.4 is 4.74 Å². The average molecular weight is 560 g/mol. The first kappa shape index (κ1) is 27.9. The lowest BCUT2D eigenvalue weighted by Crippen LogP contribution is -2.40. The number of carbonyl (C=O) groups excluding carboxylic acids is 1. The number of rotatable bonds is 9. The largest absolute Gasteiger partial charge is 0.490 e. The molecule has 214 valence electrons. The van der Waals surface area contributed by atoms with Crippen LogP contribution in [0.2, 0.25) is 0 Å². The van der Waals surface area contributed by atoms with E-state index in [0.29, 0.717) is 36.3 Å². The fourth-order valence-corrected chi connectivity index (χ4v) is 5.94. The monoisotopic (exact) mass is 559 g/mol. The van der Waals surface area contributed by atoms with Crippen LogP contribution in [0.5, 0.6) is 5.75 Å².